The van der Waals surface area contributed by atoms with Crippen molar-refractivity contribution in [3.63, 3.8) is 0 Å². The van der Waals surface area contributed by atoms with Crippen molar-refractivity contribution in [3.05, 3.63) is 59.9 Å². The number of nitrogens with one attached hydrogen (secondary N) is 1. The number of halogens is 1. The second kappa shape index (κ2) is 7.28. The minimum atomic E-state index is -0.375. The van der Waals surface area contributed by atoms with Crippen LogP contribution in [0.2, 0.25) is 0 Å². The monoisotopic (exact) mass is 289 g/mol. The van der Waals surface area contributed by atoms with Crippen LogP contribution >= 0.6 is 0 Å². The van der Waals surface area contributed by atoms with E-state index in [1.807, 2.05) is 0 Å². The van der Waals surface area contributed by atoms with Gasteiger partial charge in [0.15, 0.2) is 11.6 Å². The van der Waals surface area contributed by atoms with Crippen molar-refractivity contribution < 1.29 is 18.7 Å². The first-order chi connectivity index (χ1) is 10.2. The highest BCUT2D eigenvalue weighted by Crippen LogP contribution is 2.15. The van der Waals surface area contributed by atoms with Crippen molar-refractivity contribution in [2.24, 2.45) is 0 Å². The zero-order valence-electron chi connectivity index (χ0n) is 11.6. The summed E-state index contributed by atoms with van der Waals surface area (Å²) in [5.41, 5.74) is 1.34. The summed E-state index contributed by atoms with van der Waals surface area (Å²) in [5, 5.41) is 3.12. The number of anilines is 1. The molecule has 0 aliphatic carbocycles. The number of methoxy groups -OCH3 is 1. The normalized spacial score (nSPS) is 10.0. The molecule has 0 radical (unpaired) electrons. The molecule has 0 amide bonds. The van der Waals surface area contributed by atoms with E-state index in [1.165, 1.54) is 13.2 Å². The lowest BCUT2D eigenvalue weighted by Crippen LogP contribution is -2.12. The standard InChI is InChI=1S/C16H16FNO3/c1-20-16(19)12-6-8-13(9-7-12)18-10-11-21-15-5-3-2-4-14(15)17/h2-9,18H,10-11H2,1H3. The maximum Gasteiger partial charge on any atom is 0.337 e. The van der Waals surface area contributed by atoms with E-state index in [1.54, 1.807) is 42.5 Å². The van der Waals surface area contributed by atoms with E-state index < -0.39 is 0 Å². The summed E-state index contributed by atoms with van der Waals surface area (Å²) in [4.78, 5) is 11.3. The molecular formula is C16H16FNO3. The molecular weight excluding hydrogens is 273 g/mol. The Labute approximate surface area is 122 Å². The molecule has 0 unspecified atom stereocenters. The van der Waals surface area contributed by atoms with E-state index in [9.17, 15) is 9.18 Å². The topological polar surface area (TPSA) is 47.6 Å². The molecule has 2 aromatic rings. The molecule has 0 bridgehead atoms. The second-order valence-corrected chi connectivity index (χ2v) is 4.27. The van der Waals surface area contributed by atoms with Crippen LogP contribution in [0.1, 0.15) is 10.4 Å². The molecule has 0 aliphatic heterocycles. The molecule has 21 heavy (non-hydrogen) atoms. The van der Waals surface area contributed by atoms with Crippen molar-refractivity contribution in [1.29, 1.82) is 0 Å². The third kappa shape index (κ3) is 4.21. The molecule has 2 aromatic carbocycles. The molecule has 110 valence electrons. The molecule has 0 atom stereocenters. The lowest BCUT2D eigenvalue weighted by atomic mass is 10.2. The Morgan fingerprint density at radius 3 is 2.52 bits per heavy atom. The summed E-state index contributed by atoms with van der Waals surface area (Å²) in [6, 6.07) is 13.2. The Kier molecular flexibility index (Phi) is 5.15. The zero-order chi connectivity index (χ0) is 15.1. The minimum absolute atomic E-state index is 0.236. The van der Waals surface area contributed by atoms with E-state index in [4.69, 9.17) is 4.74 Å². The average Bonchev–Trinajstić information content (AvgIpc) is 2.53. The molecule has 0 aliphatic rings. The van der Waals surface area contributed by atoms with Gasteiger partial charge in [-0.3, -0.25) is 0 Å². The van der Waals surface area contributed by atoms with Gasteiger partial charge < -0.3 is 14.8 Å². The van der Waals surface area contributed by atoms with E-state index in [0.717, 1.165) is 5.69 Å². The van der Waals surface area contributed by atoms with Gasteiger partial charge in [0.2, 0.25) is 0 Å². The first kappa shape index (κ1) is 14.8. The van der Waals surface area contributed by atoms with E-state index in [2.05, 4.69) is 10.1 Å². The number of hydrogen-bond acceptors (Lipinski definition) is 4. The Hall–Kier alpha value is -2.56. The van der Waals surface area contributed by atoms with Crippen LogP contribution in [0.15, 0.2) is 48.5 Å². The average molecular weight is 289 g/mol. The van der Waals surface area contributed by atoms with Crippen molar-refractivity contribution in [2.75, 3.05) is 25.6 Å². The Bertz CT molecular complexity index is 599. The Morgan fingerprint density at radius 2 is 1.86 bits per heavy atom. The second-order valence-electron chi connectivity index (χ2n) is 4.27. The summed E-state index contributed by atoms with van der Waals surface area (Å²) in [6.45, 7) is 0.853. The third-order valence-corrected chi connectivity index (χ3v) is 2.83. The number of rotatable bonds is 6. The van der Waals surface area contributed by atoms with Gasteiger partial charge in [0.25, 0.3) is 0 Å². The van der Waals surface area contributed by atoms with Gasteiger partial charge in [-0.15, -0.1) is 0 Å². The predicted molar refractivity (Wildman–Crippen MR) is 78.2 cm³/mol. The van der Waals surface area contributed by atoms with Crippen LogP contribution in [-0.2, 0) is 4.74 Å². The van der Waals surface area contributed by atoms with Crippen molar-refractivity contribution in [3.8, 4) is 5.75 Å². The van der Waals surface area contributed by atoms with Crippen molar-refractivity contribution >= 4 is 11.7 Å². The summed E-state index contributed by atoms with van der Waals surface area (Å²) < 4.78 is 23.3. The number of carbonyl (C=O) groups excluding carboxylic acids is 1. The minimum Gasteiger partial charge on any atom is -0.489 e. The molecule has 1 N–H and O–H groups in total. The molecule has 5 heteroatoms. The van der Waals surface area contributed by atoms with Gasteiger partial charge in [-0.1, -0.05) is 12.1 Å². The van der Waals surface area contributed by atoms with Crippen LogP contribution in [-0.4, -0.2) is 26.2 Å². The fourth-order valence-electron chi connectivity index (χ4n) is 1.76. The SMILES string of the molecule is COC(=O)c1ccc(NCCOc2ccccc2F)cc1. The van der Waals surface area contributed by atoms with Crippen molar-refractivity contribution in [1.82, 2.24) is 0 Å². The molecule has 0 saturated heterocycles. The third-order valence-electron chi connectivity index (χ3n) is 2.83. The van der Waals surface area contributed by atoms with E-state index >= 15 is 0 Å². The van der Waals surface area contributed by atoms with Gasteiger partial charge in [-0.05, 0) is 36.4 Å². The number of carbonyl (C=O) groups is 1. The predicted octanol–water partition coefficient (Wildman–Crippen LogP) is 3.10. The smallest absolute Gasteiger partial charge is 0.337 e. The number of benzene rings is 2. The van der Waals surface area contributed by atoms with Gasteiger partial charge in [0, 0.05) is 12.2 Å². The van der Waals surface area contributed by atoms with E-state index in [0.29, 0.717) is 18.7 Å². The first-order valence-electron chi connectivity index (χ1n) is 6.50. The largest absolute Gasteiger partial charge is 0.489 e. The van der Waals surface area contributed by atoms with Crippen LogP contribution in [0, 0.1) is 5.82 Å². The molecule has 0 fully saturated rings. The Morgan fingerprint density at radius 1 is 1.14 bits per heavy atom. The maximum absolute atomic E-state index is 13.3. The molecule has 0 heterocycles. The summed E-state index contributed by atoms with van der Waals surface area (Å²) in [5.74, 6) is -0.510. The van der Waals surface area contributed by atoms with Gasteiger partial charge in [-0.25, -0.2) is 9.18 Å². The van der Waals surface area contributed by atoms with Crippen LogP contribution in [0.4, 0.5) is 10.1 Å². The highest BCUT2D eigenvalue weighted by Gasteiger charge is 2.04. The summed E-state index contributed by atoms with van der Waals surface area (Å²) >= 11 is 0. The van der Waals surface area contributed by atoms with Crippen molar-refractivity contribution in [2.45, 2.75) is 0 Å². The van der Waals surface area contributed by atoms with Crippen LogP contribution < -0.4 is 10.1 Å². The number of hydrogen-bond donors (Lipinski definition) is 1. The number of ether oxygens (including phenoxy) is 2. The van der Waals surface area contributed by atoms with Gasteiger partial charge in [-0.2, -0.15) is 0 Å². The highest BCUT2D eigenvalue weighted by atomic mass is 19.1. The quantitative estimate of drug-likeness (QED) is 0.655. The zero-order valence-corrected chi connectivity index (χ0v) is 11.6. The van der Waals surface area contributed by atoms with Crippen LogP contribution in [0.3, 0.4) is 0 Å². The van der Waals surface area contributed by atoms with Gasteiger partial charge in [0.1, 0.15) is 6.61 Å². The maximum atomic E-state index is 13.3. The number of esters is 1. The van der Waals surface area contributed by atoms with Gasteiger partial charge in [0.05, 0.1) is 12.7 Å². The highest BCUT2D eigenvalue weighted by molar-refractivity contribution is 5.89. The molecule has 0 spiro atoms. The van der Waals surface area contributed by atoms with Gasteiger partial charge >= 0.3 is 5.97 Å². The number of para-hydroxylation sites is 1. The Balaban J connectivity index is 1.79. The van der Waals surface area contributed by atoms with Crippen LogP contribution in [0.5, 0.6) is 5.75 Å². The fourth-order valence-corrected chi connectivity index (χ4v) is 1.76. The molecule has 0 saturated carbocycles. The summed E-state index contributed by atoms with van der Waals surface area (Å²) in [7, 11) is 1.34. The summed E-state index contributed by atoms with van der Waals surface area (Å²) in [6.07, 6.45) is 0. The lowest BCUT2D eigenvalue weighted by molar-refractivity contribution is 0.0601. The molecule has 2 rings (SSSR count). The van der Waals surface area contributed by atoms with Crippen LogP contribution in [0.25, 0.3) is 0 Å². The lowest BCUT2D eigenvalue weighted by Gasteiger charge is -2.09. The molecule has 0 aromatic heterocycles. The van der Waals surface area contributed by atoms with E-state index in [-0.39, 0.29) is 17.5 Å². The molecule has 4 nitrogen and oxygen atoms in total. The fraction of sp³-hybridized carbons (Fsp3) is 0.188. The first-order valence-corrected chi connectivity index (χ1v) is 6.50.